The first-order valence-corrected chi connectivity index (χ1v) is 10.8. The van der Waals surface area contributed by atoms with Crippen molar-refractivity contribution in [1.82, 2.24) is 4.90 Å². The number of hydrogen-bond donors (Lipinski definition) is 2. The number of carboxylic acid groups (broad SMARTS) is 1. The van der Waals surface area contributed by atoms with Crippen molar-refractivity contribution in [2.75, 3.05) is 18.5 Å². The van der Waals surface area contributed by atoms with Crippen molar-refractivity contribution in [1.29, 1.82) is 0 Å². The molecule has 1 saturated heterocycles. The second-order valence-corrected chi connectivity index (χ2v) is 8.58. The number of halogens is 3. The molecule has 3 amide bonds. The molecule has 32 heavy (non-hydrogen) atoms. The van der Waals surface area contributed by atoms with Crippen LogP contribution >= 0.6 is 39.3 Å². The minimum absolute atomic E-state index is 0.0655. The summed E-state index contributed by atoms with van der Waals surface area (Å²) < 4.78 is 18.7. The molecular formula is C20H13BrClFN2O6S. The number of rotatable bonds is 7. The van der Waals surface area contributed by atoms with Crippen LogP contribution in [0.4, 0.5) is 14.9 Å². The van der Waals surface area contributed by atoms with Crippen LogP contribution in [0.25, 0.3) is 6.08 Å². The lowest BCUT2D eigenvalue weighted by Gasteiger charge is -2.12. The number of hydrogen-bond acceptors (Lipinski definition) is 6. The standard InChI is InChI=1S/C20H13BrClFN2O6S/c21-13-4-10(5-14(22)18(13)31-9-17(27)28)6-15-19(29)25(20(30)32-15)8-16(26)24-12-3-1-2-11(23)7-12/h1-7H,8-9H2,(H,24,26)(H,27,28)/b15-6+. The summed E-state index contributed by atoms with van der Waals surface area (Å²) in [5, 5.41) is 10.6. The molecule has 0 aromatic heterocycles. The van der Waals surface area contributed by atoms with Crippen LogP contribution in [-0.2, 0) is 14.4 Å². The molecular weight excluding hydrogens is 531 g/mol. The molecule has 8 nitrogen and oxygen atoms in total. The van der Waals surface area contributed by atoms with Crippen molar-refractivity contribution in [3.63, 3.8) is 0 Å². The van der Waals surface area contributed by atoms with Crippen molar-refractivity contribution in [2.45, 2.75) is 0 Å². The minimum Gasteiger partial charge on any atom is -0.479 e. The zero-order chi connectivity index (χ0) is 23.4. The third-order valence-electron chi connectivity index (χ3n) is 3.94. The normalized spacial score (nSPS) is 14.7. The predicted octanol–water partition coefficient (Wildman–Crippen LogP) is 4.38. The zero-order valence-corrected chi connectivity index (χ0v) is 19.1. The molecule has 3 rings (SSSR count). The molecule has 0 unspecified atom stereocenters. The number of carbonyl (C=O) groups excluding carboxylic acids is 3. The Balaban J connectivity index is 1.72. The highest BCUT2D eigenvalue weighted by atomic mass is 79.9. The fourth-order valence-electron chi connectivity index (χ4n) is 2.63. The Bertz CT molecular complexity index is 1140. The second kappa shape index (κ2) is 10.2. The Labute approximate surface area is 198 Å². The molecule has 0 radical (unpaired) electrons. The predicted molar refractivity (Wildman–Crippen MR) is 120 cm³/mol. The average Bonchev–Trinajstić information content (AvgIpc) is 2.94. The summed E-state index contributed by atoms with van der Waals surface area (Å²) in [5.74, 6) is -2.93. The first-order valence-electron chi connectivity index (χ1n) is 8.78. The van der Waals surface area contributed by atoms with Crippen LogP contribution < -0.4 is 10.1 Å². The van der Waals surface area contributed by atoms with E-state index in [2.05, 4.69) is 21.2 Å². The van der Waals surface area contributed by atoms with E-state index in [4.69, 9.17) is 21.4 Å². The second-order valence-electron chi connectivity index (χ2n) is 6.32. The molecule has 1 aliphatic rings. The maximum absolute atomic E-state index is 13.2. The van der Waals surface area contributed by atoms with Crippen LogP contribution in [0.15, 0.2) is 45.8 Å². The highest BCUT2D eigenvalue weighted by Gasteiger charge is 2.36. The number of thioether (sulfide) groups is 1. The summed E-state index contributed by atoms with van der Waals surface area (Å²) in [6.07, 6.45) is 1.41. The van der Waals surface area contributed by atoms with E-state index in [9.17, 15) is 23.6 Å². The topological polar surface area (TPSA) is 113 Å². The van der Waals surface area contributed by atoms with Gasteiger partial charge >= 0.3 is 5.97 Å². The van der Waals surface area contributed by atoms with Gasteiger partial charge in [-0.15, -0.1) is 0 Å². The van der Waals surface area contributed by atoms with E-state index >= 15 is 0 Å². The van der Waals surface area contributed by atoms with Gasteiger partial charge in [-0.25, -0.2) is 9.18 Å². The zero-order valence-electron chi connectivity index (χ0n) is 15.9. The summed E-state index contributed by atoms with van der Waals surface area (Å²) in [6, 6.07) is 8.18. The van der Waals surface area contributed by atoms with Gasteiger partial charge in [0.25, 0.3) is 11.1 Å². The van der Waals surface area contributed by atoms with E-state index in [-0.39, 0.29) is 21.4 Å². The van der Waals surface area contributed by atoms with Gasteiger partial charge in [-0.2, -0.15) is 0 Å². The van der Waals surface area contributed by atoms with E-state index < -0.39 is 42.0 Å². The SMILES string of the molecule is O=C(O)COc1c(Cl)cc(/C=C2/SC(=O)N(CC(=O)Nc3cccc(F)c3)C2=O)cc1Br. The lowest BCUT2D eigenvalue weighted by atomic mass is 10.2. The maximum atomic E-state index is 13.2. The van der Waals surface area contributed by atoms with Gasteiger partial charge in [0.1, 0.15) is 12.4 Å². The van der Waals surface area contributed by atoms with Gasteiger partial charge in [-0.05, 0) is 69.7 Å². The Kier molecular flexibility index (Phi) is 7.54. The Morgan fingerprint density at radius 2 is 2.03 bits per heavy atom. The molecule has 0 bridgehead atoms. The van der Waals surface area contributed by atoms with Crippen molar-refractivity contribution >= 4 is 74.1 Å². The third kappa shape index (κ3) is 5.87. The van der Waals surface area contributed by atoms with Crippen LogP contribution in [0, 0.1) is 5.82 Å². The first-order chi connectivity index (χ1) is 15.1. The van der Waals surface area contributed by atoms with Crippen LogP contribution in [0.2, 0.25) is 5.02 Å². The van der Waals surface area contributed by atoms with E-state index in [0.717, 1.165) is 11.0 Å². The van der Waals surface area contributed by atoms with Gasteiger partial charge < -0.3 is 15.2 Å². The van der Waals surface area contributed by atoms with Crippen LogP contribution in [-0.4, -0.2) is 46.2 Å². The Morgan fingerprint density at radius 1 is 1.28 bits per heavy atom. The number of aliphatic carboxylic acids is 1. The summed E-state index contributed by atoms with van der Waals surface area (Å²) in [7, 11) is 0. The van der Waals surface area contributed by atoms with Gasteiger partial charge in [-0.1, -0.05) is 17.7 Å². The molecule has 12 heteroatoms. The summed E-state index contributed by atoms with van der Waals surface area (Å²) in [4.78, 5) is 48.5. The monoisotopic (exact) mass is 542 g/mol. The van der Waals surface area contributed by atoms with E-state index in [1.54, 1.807) is 0 Å². The molecule has 0 spiro atoms. The van der Waals surface area contributed by atoms with Crippen molar-refractivity contribution in [3.8, 4) is 5.75 Å². The number of carbonyl (C=O) groups is 4. The number of carboxylic acids is 1. The molecule has 0 saturated carbocycles. The number of ether oxygens (including phenoxy) is 1. The van der Waals surface area contributed by atoms with E-state index in [0.29, 0.717) is 21.8 Å². The number of amides is 3. The van der Waals surface area contributed by atoms with Crippen molar-refractivity contribution in [3.05, 3.63) is 62.2 Å². The van der Waals surface area contributed by atoms with Gasteiger partial charge in [0.15, 0.2) is 12.4 Å². The van der Waals surface area contributed by atoms with E-state index in [1.807, 2.05) is 0 Å². The molecule has 2 aromatic carbocycles. The fourth-order valence-corrected chi connectivity index (χ4v) is 4.46. The van der Waals surface area contributed by atoms with Crippen molar-refractivity contribution < 1.29 is 33.4 Å². The Morgan fingerprint density at radius 3 is 2.69 bits per heavy atom. The number of imide groups is 1. The lowest BCUT2D eigenvalue weighted by molar-refractivity contribution is -0.139. The first kappa shape index (κ1) is 23.8. The summed E-state index contributed by atoms with van der Waals surface area (Å²) in [5.41, 5.74) is 0.640. The highest BCUT2D eigenvalue weighted by Crippen LogP contribution is 2.37. The molecule has 0 atom stereocenters. The summed E-state index contributed by atoms with van der Waals surface area (Å²) in [6.45, 7) is -1.13. The molecule has 1 fully saturated rings. The fraction of sp³-hybridized carbons (Fsp3) is 0.100. The third-order valence-corrected chi connectivity index (χ3v) is 5.72. The molecule has 2 N–H and O–H groups in total. The number of benzene rings is 2. The molecule has 166 valence electrons. The Hall–Kier alpha value is -2.89. The quantitative estimate of drug-likeness (QED) is 0.498. The van der Waals surface area contributed by atoms with Gasteiger partial charge in [0.2, 0.25) is 5.91 Å². The largest absolute Gasteiger partial charge is 0.479 e. The van der Waals surface area contributed by atoms with Crippen LogP contribution in [0.5, 0.6) is 5.75 Å². The molecule has 1 aliphatic heterocycles. The van der Waals surface area contributed by atoms with Crippen LogP contribution in [0.1, 0.15) is 5.56 Å². The summed E-state index contributed by atoms with van der Waals surface area (Å²) >= 11 is 10.0. The van der Waals surface area contributed by atoms with E-state index in [1.165, 1.54) is 36.4 Å². The van der Waals surface area contributed by atoms with Gasteiger partial charge in [0, 0.05) is 5.69 Å². The molecule has 1 heterocycles. The lowest BCUT2D eigenvalue weighted by Crippen LogP contribution is -2.36. The number of nitrogens with zero attached hydrogens (tertiary/aromatic N) is 1. The van der Waals surface area contributed by atoms with Gasteiger partial charge in [-0.3, -0.25) is 19.3 Å². The smallest absolute Gasteiger partial charge is 0.341 e. The number of nitrogens with one attached hydrogen (secondary N) is 1. The highest BCUT2D eigenvalue weighted by molar-refractivity contribution is 9.10. The molecule has 0 aliphatic carbocycles. The maximum Gasteiger partial charge on any atom is 0.341 e. The minimum atomic E-state index is -1.17. The van der Waals surface area contributed by atoms with Gasteiger partial charge in [0.05, 0.1) is 14.4 Å². The number of anilines is 1. The van der Waals surface area contributed by atoms with Crippen LogP contribution in [0.3, 0.4) is 0 Å². The van der Waals surface area contributed by atoms with Crippen molar-refractivity contribution in [2.24, 2.45) is 0 Å². The average molecular weight is 544 g/mol. The molecule has 2 aromatic rings.